The molecule has 1 aliphatic rings. The molecule has 3 aromatic rings. The summed E-state index contributed by atoms with van der Waals surface area (Å²) in [6, 6.07) is 7.33. The van der Waals surface area contributed by atoms with Crippen molar-refractivity contribution in [2.75, 3.05) is 13.1 Å². The Morgan fingerprint density at radius 1 is 1.26 bits per heavy atom. The van der Waals surface area contributed by atoms with Crippen molar-refractivity contribution in [2.24, 2.45) is 5.92 Å². The van der Waals surface area contributed by atoms with Gasteiger partial charge in [0.2, 0.25) is 0 Å². The first-order valence-corrected chi connectivity index (χ1v) is 9.29. The van der Waals surface area contributed by atoms with Crippen molar-refractivity contribution in [2.45, 2.75) is 32.9 Å². The molecule has 140 valence electrons. The molecule has 0 aliphatic carbocycles. The molecule has 1 saturated heterocycles. The van der Waals surface area contributed by atoms with Crippen LogP contribution in [0.15, 0.2) is 52.3 Å². The fourth-order valence-electron chi connectivity index (χ4n) is 3.55. The highest BCUT2D eigenvalue weighted by atomic mass is 16.5. The third kappa shape index (κ3) is 4.31. The van der Waals surface area contributed by atoms with Crippen molar-refractivity contribution in [1.82, 2.24) is 24.6 Å². The summed E-state index contributed by atoms with van der Waals surface area (Å²) in [4.78, 5) is 23.4. The van der Waals surface area contributed by atoms with Gasteiger partial charge in [-0.05, 0) is 50.9 Å². The van der Waals surface area contributed by atoms with Crippen molar-refractivity contribution in [1.29, 1.82) is 0 Å². The number of likely N-dealkylation sites (tertiary alicyclic amines) is 1. The normalized spacial score (nSPS) is 15.9. The van der Waals surface area contributed by atoms with Gasteiger partial charge in [-0.15, -0.1) is 0 Å². The molecule has 3 aromatic heterocycles. The minimum Gasteiger partial charge on any atom is -0.360 e. The lowest BCUT2D eigenvalue weighted by Gasteiger charge is -2.31. The van der Waals surface area contributed by atoms with E-state index >= 15 is 0 Å². The van der Waals surface area contributed by atoms with E-state index in [2.05, 4.69) is 20.0 Å². The summed E-state index contributed by atoms with van der Waals surface area (Å²) in [5.41, 5.74) is 2.43. The fourth-order valence-corrected chi connectivity index (χ4v) is 3.55. The van der Waals surface area contributed by atoms with Gasteiger partial charge in [-0.3, -0.25) is 19.2 Å². The Morgan fingerprint density at radius 2 is 2.11 bits per heavy atom. The summed E-state index contributed by atoms with van der Waals surface area (Å²) in [5.74, 6) is 1.40. The molecule has 0 atom stereocenters. The molecule has 0 amide bonds. The molecule has 0 spiro atoms. The molecular weight excluding hydrogens is 342 g/mol. The van der Waals surface area contributed by atoms with Gasteiger partial charge in [0.15, 0.2) is 5.76 Å². The second-order valence-corrected chi connectivity index (χ2v) is 7.16. The second kappa shape index (κ2) is 7.84. The molecule has 1 aliphatic heterocycles. The first-order valence-electron chi connectivity index (χ1n) is 9.29. The van der Waals surface area contributed by atoms with Gasteiger partial charge < -0.3 is 4.52 Å². The number of aryl methyl sites for hydroxylation is 1. The average Bonchev–Trinajstić information content (AvgIpc) is 3.10. The Bertz CT molecular complexity index is 942. The minimum atomic E-state index is -0.0107. The van der Waals surface area contributed by atoms with Crippen LogP contribution in [0, 0.1) is 12.8 Å². The van der Waals surface area contributed by atoms with Gasteiger partial charge in [-0.2, -0.15) is 0 Å². The highest BCUT2D eigenvalue weighted by molar-refractivity contribution is 5.56. The van der Waals surface area contributed by atoms with Gasteiger partial charge in [0.25, 0.3) is 5.56 Å². The van der Waals surface area contributed by atoms with Crippen molar-refractivity contribution in [3.63, 3.8) is 0 Å². The van der Waals surface area contributed by atoms with E-state index in [9.17, 15) is 4.79 Å². The molecule has 7 nitrogen and oxygen atoms in total. The zero-order valence-electron chi connectivity index (χ0n) is 15.4. The van der Waals surface area contributed by atoms with Crippen molar-refractivity contribution in [3.8, 4) is 11.3 Å². The minimum absolute atomic E-state index is 0.0107. The molecule has 0 saturated carbocycles. The summed E-state index contributed by atoms with van der Waals surface area (Å²) in [7, 11) is 0. The smallest absolute Gasteiger partial charge is 0.253 e. The van der Waals surface area contributed by atoms with Crippen LogP contribution >= 0.6 is 0 Å². The van der Waals surface area contributed by atoms with Gasteiger partial charge in [-0.25, -0.2) is 4.98 Å². The maximum atomic E-state index is 12.5. The molecule has 0 radical (unpaired) electrons. The van der Waals surface area contributed by atoms with Crippen LogP contribution in [0.5, 0.6) is 0 Å². The first kappa shape index (κ1) is 17.6. The SMILES string of the molecule is Cc1cc(CN2CCC(Cn3cnc(-c4cccnc4)cc3=O)CC2)on1. The maximum absolute atomic E-state index is 12.5. The lowest BCUT2D eigenvalue weighted by atomic mass is 9.96. The van der Waals surface area contributed by atoms with Crippen LogP contribution in [0.1, 0.15) is 24.3 Å². The fraction of sp³-hybridized carbons (Fsp3) is 0.400. The van der Waals surface area contributed by atoms with Crippen molar-refractivity contribution < 1.29 is 4.52 Å². The van der Waals surface area contributed by atoms with E-state index in [0.717, 1.165) is 49.5 Å². The third-order valence-corrected chi connectivity index (χ3v) is 5.06. The predicted octanol–water partition coefficient (Wildman–Crippen LogP) is 2.51. The monoisotopic (exact) mass is 365 g/mol. The quantitative estimate of drug-likeness (QED) is 0.691. The molecule has 4 heterocycles. The number of hydrogen-bond donors (Lipinski definition) is 0. The summed E-state index contributed by atoms with van der Waals surface area (Å²) < 4.78 is 7.03. The van der Waals surface area contributed by atoms with Crippen molar-refractivity contribution >= 4 is 0 Å². The maximum Gasteiger partial charge on any atom is 0.253 e. The number of aromatic nitrogens is 4. The van der Waals surface area contributed by atoms with E-state index in [1.165, 1.54) is 0 Å². The summed E-state index contributed by atoms with van der Waals surface area (Å²) >= 11 is 0. The zero-order valence-corrected chi connectivity index (χ0v) is 15.4. The van der Waals surface area contributed by atoms with Crippen LogP contribution in [-0.4, -0.2) is 37.7 Å². The van der Waals surface area contributed by atoms with Gasteiger partial charge >= 0.3 is 0 Å². The van der Waals surface area contributed by atoms with Gasteiger partial charge in [0.1, 0.15) is 0 Å². The standard InChI is InChI=1S/C20H23N5O2/c1-15-9-18(27-23-15)13-24-7-4-16(5-8-24)12-25-14-22-19(10-20(25)26)17-3-2-6-21-11-17/h2-3,6,9-11,14,16H,4-5,7-8,12-13H2,1H3. The molecule has 0 aromatic carbocycles. The molecule has 7 heteroatoms. The van der Waals surface area contributed by atoms with Crippen LogP contribution in [0.3, 0.4) is 0 Å². The highest BCUT2D eigenvalue weighted by Crippen LogP contribution is 2.21. The van der Waals surface area contributed by atoms with Crippen LogP contribution in [0.25, 0.3) is 11.3 Å². The van der Waals surface area contributed by atoms with E-state index in [-0.39, 0.29) is 5.56 Å². The predicted molar refractivity (Wildman–Crippen MR) is 101 cm³/mol. The highest BCUT2D eigenvalue weighted by Gasteiger charge is 2.21. The van der Waals surface area contributed by atoms with Gasteiger partial charge in [-0.1, -0.05) is 5.16 Å². The van der Waals surface area contributed by atoms with Crippen LogP contribution < -0.4 is 5.56 Å². The number of piperidine rings is 1. The molecular formula is C20H23N5O2. The lowest BCUT2D eigenvalue weighted by Crippen LogP contribution is -2.35. The number of nitrogens with zero attached hydrogens (tertiary/aromatic N) is 5. The third-order valence-electron chi connectivity index (χ3n) is 5.06. The largest absolute Gasteiger partial charge is 0.360 e. The molecule has 0 unspecified atom stereocenters. The van der Waals surface area contributed by atoms with Crippen LogP contribution in [-0.2, 0) is 13.1 Å². The zero-order chi connectivity index (χ0) is 18.6. The van der Waals surface area contributed by atoms with Crippen LogP contribution in [0.4, 0.5) is 0 Å². The second-order valence-electron chi connectivity index (χ2n) is 7.16. The number of rotatable bonds is 5. The molecule has 1 fully saturated rings. The Hall–Kier alpha value is -2.80. The van der Waals surface area contributed by atoms with Crippen molar-refractivity contribution in [3.05, 3.63) is 64.8 Å². The Kier molecular flexibility index (Phi) is 5.11. The van der Waals surface area contributed by atoms with Gasteiger partial charge in [0, 0.05) is 36.6 Å². The molecule has 27 heavy (non-hydrogen) atoms. The average molecular weight is 365 g/mol. The van der Waals surface area contributed by atoms with E-state index in [1.54, 1.807) is 29.4 Å². The topological polar surface area (TPSA) is 77.0 Å². The summed E-state index contributed by atoms with van der Waals surface area (Å²) in [5, 5.41) is 3.94. The Balaban J connectivity index is 1.34. The number of pyridine rings is 1. The molecule has 4 rings (SSSR count). The Morgan fingerprint density at radius 3 is 2.78 bits per heavy atom. The number of hydrogen-bond acceptors (Lipinski definition) is 6. The molecule has 0 N–H and O–H groups in total. The van der Waals surface area contributed by atoms with E-state index in [4.69, 9.17) is 4.52 Å². The van der Waals surface area contributed by atoms with E-state index in [0.29, 0.717) is 18.2 Å². The van der Waals surface area contributed by atoms with Gasteiger partial charge in [0.05, 0.1) is 24.3 Å². The first-order chi connectivity index (χ1) is 13.2. The summed E-state index contributed by atoms with van der Waals surface area (Å²) in [6.07, 6.45) is 7.21. The Labute approximate surface area is 157 Å². The summed E-state index contributed by atoms with van der Waals surface area (Å²) in [6.45, 7) is 5.45. The molecule has 0 bridgehead atoms. The van der Waals surface area contributed by atoms with Crippen LogP contribution in [0.2, 0.25) is 0 Å². The van der Waals surface area contributed by atoms with E-state index < -0.39 is 0 Å². The van der Waals surface area contributed by atoms with E-state index in [1.807, 2.05) is 25.1 Å². The lowest BCUT2D eigenvalue weighted by molar-refractivity contribution is 0.152.